The van der Waals surface area contributed by atoms with Gasteiger partial charge in [0.05, 0.1) is 33.7 Å². The van der Waals surface area contributed by atoms with Crippen LogP contribution in [0.1, 0.15) is 54.9 Å². The summed E-state index contributed by atoms with van der Waals surface area (Å²) in [7, 11) is 2.96. The fourth-order valence-corrected chi connectivity index (χ4v) is 3.96. The molecule has 0 saturated carbocycles. The van der Waals surface area contributed by atoms with Crippen molar-refractivity contribution in [1.82, 2.24) is 16.1 Å². The number of halogens is 1. The average molecular weight is 730 g/mol. The van der Waals surface area contributed by atoms with E-state index in [9.17, 15) is 28.8 Å². The topological polar surface area (TPSA) is 233 Å². The fraction of sp³-hybridized carbons (Fsp3) is 0.667. The van der Waals surface area contributed by atoms with Crippen LogP contribution in [0.5, 0.6) is 5.75 Å². The molecule has 0 aliphatic rings. The van der Waals surface area contributed by atoms with Gasteiger partial charge in [0, 0.05) is 19.7 Å². The lowest BCUT2D eigenvalue weighted by Gasteiger charge is -2.32. The van der Waals surface area contributed by atoms with Crippen LogP contribution in [-0.2, 0) is 28.3 Å². The van der Waals surface area contributed by atoms with E-state index in [2.05, 4.69) is 20.5 Å². The van der Waals surface area contributed by atoms with Crippen LogP contribution in [0.15, 0.2) is 24.3 Å². The number of phosphoric ester groups is 1. The van der Waals surface area contributed by atoms with Crippen molar-refractivity contribution in [2.24, 2.45) is 17.3 Å². The van der Waals surface area contributed by atoms with E-state index in [0.29, 0.717) is 17.6 Å². The van der Waals surface area contributed by atoms with Crippen molar-refractivity contribution in [2.45, 2.75) is 67.0 Å². The van der Waals surface area contributed by atoms with E-state index in [1.165, 1.54) is 19.5 Å². The minimum atomic E-state index is -4.26. The summed E-state index contributed by atoms with van der Waals surface area (Å²) >= 11 is 0. The third kappa shape index (κ3) is 24.3. The second kappa shape index (κ2) is 23.5. The molecule has 16 nitrogen and oxygen atoms in total. The number of amides is 4. The molecule has 0 aliphatic carbocycles. The van der Waals surface area contributed by atoms with Gasteiger partial charge in [-0.2, -0.15) is 0 Å². The minimum absolute atomic E-state index is 0. The number of nitrogens with zero attached hydrogens (tertiary/aromatic N) is 1. The van der Waals surface area contributed by atoms with Crippen LogP contribution >= 0.6 is 7.82 Å². The number of rotatable bonds is 14. The molecule has 48 heavy (non-hydrogen) atoms. The zero-order valence-electron chi connectivity index (χ0n) is 29.9. The number of hydrogen-bond donors (Lipinski definition) is 8. The maximum atomic E-state index is 12.5. The summed E-state index contributed by atoms with van der Waals surface area (Å²) in [4.78, 5) is 63.2. The second-order valence-electron chi connectivity index (χ2n) is 13.1. The Labute approximate surface area is 290 Å². The molecular formula is C30H57ClN5O11P. The van der Waals surface area contributed by atoms with E-state index in [-0.39, 0.29) is 43.2 Å². The van der Waals surface area contributed by atoms with Gasteiger partial charge in [0.2, 0.25) is 17.7 Å². The molecule has 1 aromatic rings. The minimum Gasteiger partial charge on any atom is -1.00 e. The molecule has 3 atom stereocenters. The van der Waals surface area contributed by atoms with Gasteiger partial charge in [0.25, 0.3) is 5.91 Å². The fourth-order valence-electron chi connectivity index (χ4n) is 3.64. The molecule has 0 radical (unpaired) electrons. The molecule has 0 unspecified atom stereocenters. The van der Waals surface area contributed by atoms with Crippen LogP contribution in [-0.4, -0.2) is 108 Å². The van der Waals surface area contributed by atoms with Crippen molar-refractivity contribution in [3.63, 3.8) is 0 Å². The predicted octanol–water partition coefficient (Wildman–Crippen LogP) is -1.36. The molecule has 0 aromatic heterocycles. The molecule has 280 valence electrons. The number of nitrogens with one attached hydrogen (secondary N) is 4. The molecule has 4 amide bonds. The average Bonchev–Trinajstić information content (AvgIpc) is 2.92. The Kier molecular flexibility index (Phi) is 24.3. The maximum Gasteiger partial charge on any atom is 0.469 e. The monoisotopic (exact) mass is 729 g/mol. The molecule has 1 aromatic carbocycles. The van der Waals surface area contributed by atoms with Gasteiger partial charge in [-0.05, 0) is 48.9 Å². The Morgan fingerprint density at radius 1 is 0.979 bits per heavy atom. The molecular weight excluding hydrogens is 673 g/mol. The van der Waals surface area contributed by atoms with E-state index in [1.807, 2.05) is 66.2 Å². The number of quaternary nitrogens is 1. The number of hydroxylamine groups is 1. The standard InChI is InChI=1S/C15H29N3O5.C10H13NO2.C5H14NO4P.ClH/c1-8(2)7-9(10(19)13(21)18-23)12(20)17-11(14(22)16-6)15(3,4)5;1-3-13-10-6-4-9(5-7-10)11-8(2)12;1-6(2,3)4-5-10-11(7,8)9;/h8-11,19,23H,7H2,1-6H3,(H,16,22)(H,17,20)(H,18,21);4-7H,3H2,1-2H3,(H,11,12);4-5H2,1-3H3,(H-,7,8,9);1H/t9-,10+,11-;;;/m1.../s1. The number of carbonyl (C=O) groups excluding carboxylic acids is 4. The Morgan fingerprint density at radius 2 is 1.50 bits per heavy atom. The predicted molar refractivity (Wildman–Crippen MR) is 177 cm³/mol. The Balaban J connectivity index is -0.000000685. The SMILES string of the molecule is CCOc1ccc(NC(C)=O)cc1.CNC(=O)[C@@H](NC(=O)[C@H](CC(C)C)[C@H](O)C(=O)NO)C(C)(C)C.C[N+](C)(C)CCOP(=O)(O)O.[Cl-]. The number of ether oxygens (including phenoxy) is 1. The zero-order valence-corrected chi connectivity index (χ0v) is 31.5. The number of benzene rings is 1. The summed E-state index contributed by atoms with van der Waals surface area (Å²) in [6.07, 6.45) is -1.47. The highest BCUT2D eigenvalue weighted by Gasteiger charge is 2.38. The van der Waals surface area contributed by atoms with Crippen molar-refractivity contribution in [1.29, 1.82) is 0 Å². The van der Waals surface area contributed by atoms with Gasteiger partial charge in [-0.15, -0.1) is 0 Å². The van der Waals surface area contributed by atoms with E-state index in [0.717, 1.165) is 11.4 Å². The summed E-state index contributed by atoms with van der Waals surface area (Å²) in [5.41, 5.74) is 1.58. The summed E-state index contributed by atoms with van der Waals surface area (Å²) < 4.78 is 20.3. The van der Waals surface area contributed by atoms with Crippen LogP contribution in [0, 0.1) is 17.3 Å². The van der Waals surface area contributed by atoms with Crippen molar-refractivity contribution in [2.75, 3.05) is 53.3 Å². The quantitative estimate of drug-likeness (QED) is 0.0482. The van der Waals surface area contributed by atoms with Gasteiger partial charge in [-0.25, -0.2) is 10.0 Å². The van der Waals surface area contributed by atoms with Gasteiger partial charge in [-0.1, -0.05) is 34.6 Å². The third-order valence-electron chi connectivity index (χ3n) is 5.99. The summed E-state index contributed by atoms with van der Waals surface area (Å²) in [5, 5.41) is 26.4. The number of likely N-dealkylation sites (N-methyl/N-ethyl adjacent to an activating group) is 2. The van der Waals surface area contributed by atoms with E-state index >= 15 is 0 Å². The molecule has 0 fully saturated rings. The molecule has 0 bridgehead atoms. The lowest BCUT2D eigenvalue weighted by atomic mass is 9.84. The molecule has 8 N–H and O–H groups in total. The molecule has 0 spiro atoms. The first-order valence-electron chi connectivity index (χ1n) is 15.0. The first-order chi connectivity index (χ1) is 21.4. The van der Waals surface area contributed by atoms with Crippen molar-refractivity contribution >= 4 is 37.1 Å². The third-order valence-corrected chi connectivity index (χ3v) is 6.51. The van der Waals surface area contributed by atoms with Gasteiger partial charge < -0.3 is 52.5 Å². The molecule has 1 rings (SSSR count). The van der Waals surface area contributed by atoms with Crippen LogP contribution in [0.3, 0.4) is 0 Å². The number of hydrogen-bond acceptors (Lipinski definition) is 9. The summed E-state index contributed by atoms with van der Waals surface area (Å²) in [6.45, 7) is 13.8. The number of aliphatic hydroxyl groups is 1. The molecule has 18 heteroatoms. The van der Waals surface area contributed by atoms with Crippen LogP contribution < -0.4 is 38.6 Å². The lowest BCUT2D eigenvalue weighted by Crippen LogP contribution is -3.00. The highest BCUT2D eigenvalue weighted by atomic mass is 35.5. The molecule has 0 saturated heterocycles. The van der Waals surface area contributed by atoms with E-state index < -0.39 is 43.1 Å². The zero-order chi connectivity index (χ0) is 37.2. The highest BCUT2D eigenvalue weighted by molar-refractivity contribution is 7.46. The van der Waals surface area contributed by atoms with E-state index in [4.69, 9.17) is 19.7 Å². The maximum absolute atomic E-state index is 12.5. The number of aliphatic hydroxyl groups excluding tert-OH is 1. The van der Waals surface area contributed by atoms with Crippen LogP contribution in [0.4, 0.5) is 5.69 Å². The Hall–Kier alpha value is -2.82. The largest absolute Gasteiger partial charge is 1.00 e. The smallest absolute Gasteiger partial charge is 0.469 e. The summed E-state index contributed by atoms with van der Waals surface area (Å²) in [5.74, 6) is -2.33. The van der Waals surface area contributed by atoms with Gasteiger partial charge in [0.15, 0.2) is 0 Å². The van der Waals surface area contributed by atoms with Gasteiger partial charge >= 0.3 is 7.82 Å². The Morgan fingerprint density at radius 3 is 1.85 bits per heavy atom. The van der Waals surface area contributed by atoms with Crippen molar-refractivity contribution in [3.8, 4) is 5.75 Å². The van der Waals surface area contributed by atoms with Gasteiger partial charge in [-0.3, -0.25) is 28.9 Å². The van der Waals surface area contributed by atoms with Gasteiger partial charge in [0.1, 0.15) is 31.0 Å². The second-order valence-corrected chi connectivity index (χ2v) is 14.3. The highest BCUT2D eigenvalue weighted by Crippen LogP contribution is 2.35. The van der Waals surface area contributed by atoms with Crippen LogP contribution in [0.2, 0.25) is 0 Å². The number of phosphoric acid groups is 1. The first kappa shape index (κ1) is 49.6. The molecule has 0 aliphatic heterocycles. The molecule has 0 heterocycles. The van der Waals surface area contributed by atoms with Crippen LogP contribution in [0.25, 0.3) is 0 Å². The summed E-state index contributed by atoms with van der Waals surface area (Å²) in [6, 6.07) is 6.46. The lowest BCUT2D eigenvalue weighted by molar-refractivity contribution is -0.870. The van der Waals surface area contributed by atoms with Crippen molar-refractivity contribution < 1.29 is 70.0 Å². The van der Waals surface area contributed by atoms with Crippen molar-refractivity contribution in [3.05, 3.63) is 24.3 Å². The Bertz CT molecular complexity index is 1150. The number of anilines is 1. The number of carbonyl (C=O) groups is 4. The normalized spacial score (nSPS) is 13.1. The first-order valence-corrected chi connectivity index (χ1v) is 16.6. The van der Waals surface area contributed by atoms with E-state index in [1.54, 1.807) is 20.8 Å².